The van der Waals surface area contributed by atoms with Crippen LogP contribution in [-0.4, -0.2) is 120 Å². The van der Waals surface area contributed by atoms with E-state index in [1.54, 1.807) is 18.2 Å². The van der Waals surface area contributed by atoms with E-state index in [0.717, 1.165) is 16.7 Å². The number of ketones is 6. The SMILES string of the molecule is C[C@]12CCC(=O)C=C1CC[C@H]1[C@@H]2[C@@H](O)C[C@@]2(C)[C@H]1CC[C@]2(O)C(=O)COP(=O)(OCC(=O)[C@@]1(O)CC[C@H]2[C@H]3CCC4=CC(=O)CC[C@]4(C)[C@H]3[C@@H](O)C[C@@]21C)OCC(=O)[C@@]1(O)CC[C@H]2[C@H]3CCC4=CC(=O)CC[C@]4(C)[C@H]3[C@@H](O)C[C@@]21C. The molecule has 0 bridgehead atoms. The van der Waals surface area contributed by atoms with Crippen LogP contribution in [0.2, 0.25) is 0 Å². The van der Waals surface area contributed by atoms with E-state index in [1.807, 2.05) is 20.8 Å². The summed E-state index contributed by atoms with van der Waals surface area (Å²) in [7, 11) is -5.21. The third kappa shape index (κ3) is 7.93. The van der Waals surface area contributed by atoms with Crippen LogP contribution in [0, 0.1) is 85.8 Å². The Morgan fingerprint density at radius 3 is 0.975 bits per heavy atom. The summed E-state index contributed by atoms with van der Waals surface area (Å²) < 4.78 is 33.0. The molecule has 0 aliphatic heterocycles. The molecule has 6 N–H and O–H groups in total. The maximum atomic E-state index is 15.3. The fraction of sp³-hybridized carbons (Fsp3) is 0.810. The van der Waals surface area contributed by atoms with Crippen LogP contribution in [0.4, 0.5) is 0 Å². The van der Waals surface area contributed by atoms with E-state index in [1.165, 1.54) is 0 Å². The molecule has 12 aliphatic rings. The molecule has 0 aromatic carbocycles. The van der Waals surface area contributed by atoms with Crippen LogP contribution in [0.15, 0.2) is 34.9 Å². The van der Waals surface area contributed by atoms with Crippen molar-refractivity contribution in [1.29, 1.82) is 0 Å². The number of rotatable bonds is 12. The van der Waals surface area contributed by atoms with E-state index in [2.05, 4.69) is 20.8 Å². The second-order valence-electron chi connectivity index (χ2n) is 29.5. The molecule has 12 rings (SSSR count). The minimum atomic E-state index is -5.21. The number of aliphatic hydroxyl groups excluding tert-OH is 3. The van der Waals surface area contributed by atoms with Gasteiger partial charge in [0.05, 0.1) is 18.3 Å². The van der Waals surface area contributed by atoms with E-state index in [0.29, 0.717) is 96.3 Å². The first-order valence-corrected chi connectivity index (χ1v) is 32.0. The molecule has 0 unspecified atom stereocenters. The lowest BCUT2D eigenvalue weighted by Crippen LogP contribution is -2.62. The molecule has 21 atom stereocenters. The number of carbonyl (C=O) groups excluding carboxylic acids is 6. The zero-order valence-electron chi connectivity index (χ0n) is 47.8. The Bertz CT molecular complexity index is 2540. The van der Waals surface area contributed by atoms with E-state index >= 15 is 4.57 Å². The number of carbonyl (C=O) groups is 6. The summed E-state index contributed by atoms with van der Waals surface area (Å²) in [5, 5.41) is 74.3. The van der Waals surface area contributed by atoms with Crippen molar-refractivity contribution in [2.24, 2.45) is 85.8 Å². The fourth-order valence-corrected chi connectivity index (χ4v) is 23.4. The van der Waals surface area contributed by atoms with Gasteiger partial charge in [-0.2, -0.15) is 0 Å². The number of allylic oxidation sites excluding steroid dienone is 3. The van der Waals surface area contributed by atoms with Gasteiger partial charge in [-0.15, -0.1) is 0 Å². The zero-order valence-corrected chi connectivity index (χ0v) is 48.7. The number of phosphoric acid groups is 1. The number of fused-ring (bicyclic) bond motifs is 15. The predicted octanol–water partition coefficient (Wildman–Crippen LogP) is 7.55. The molecule has 80 heavy (non-hydrogen) atoms. The predicted molar refractivity (Wildman–Crippen MR) is 290 cm³/mol. The molecule has 0 spiro atoms. The highest BCUT2D eigenvalue weighted by molar-refractivity contribution is 7.48. The lowest BCUT2D eigenvalue weighted by atomic mass is 9.45. The van der Waals surface area contributed by atoms with Crippen LogP contribution < -0.4 is 0 Å². The Balaban J connectivity index is 0.790. The monoisotopic (exact) mass is 1130 g/mol. The smallest absolute Gasteiger partial charge is 0.393 e. The molecule has 0 radical (unpaired) electrons. The van der Waals surface area contributed by atoms with Crippen molar-refractivity contribution in [2.75, 3.05) is 19.8 Å². The molecule has 16 nitrogen and oxygen atoms in total. The first-order valence-electron chi connectivity index (χ1n) is 30.5. The van der Waals surface area contributed by atoms with Gasteiger partial charge in [-0.25, -0.2) is 4.57 Å². The van der Waals surface area contributed by atoms with Gasteiger partial charge < -0.3 is 30.6 Å². The van der Waals surface area contributed by atoms with Crippen molar-refractivity contribution in [1.82, 2.24) is 0 Å². The van der Waals surface area contributed by atoms with Gasteiger partial charge in [0.25, 0.3) is 0 Å². The van der Waals surface area contributed by atoms with Crippen LogP contribution in [0.3, 0.4) is 0 Å². The molecule has 0 aromatic heterocycles. The highest BCUT2D eigenvalue weighted by atomic mass is 31.2. The summed E-state index contributed by atoms with van der Waals surface area (Å²) in [6.45, 7) is 8.69. The molecule has 0 saturated heterocycles. The highest BCUT2D eigenvalue weighted by Crippen LogP contribution is 2.72. The van der Waals surface area contributed by atoms with Gasteiger partial charge >= 0.3 is 7.82 Å². The highest BCUT2D eigenvalue weighted by Gasteiger charge is 2.72. The van der Waals surface area contributed by atoms with Crippen molar-refractivity contribution in [3.63, 3.8) is 0 Å². The van der Waals surface area contributed by atoms with Crippen LogP contribution in [-0.2, 0) is 46.9 Å². The summed E-state index contributed by atoms with van der Waals surface area (Å²) in [6, 6.07) is 0. The van der Waals surface area contributed by atoms with Crippen molar-refractivity contribution in [3.8, 4) is 0 Å². The largest absolute Gasteiger partial charge is 0.476 e. The van der Waals surface area contributed by atoms with Crippen molar-refractivity contribution < 1.29 is 77.5 Å². The molecule has 12 aliphatic carbocycles. The van der Waals surface area contributed by atoms with E-state index < -0.39 is 113 Å². The zero-order chi connectivity index (χ0) is 57.3. The van der Waals surface area contributed by atoms with Crippen LogP contribution in [0.5, 0.6) is 0 Å². The Morgan fingerprint density at radius 2 is 0.713 bits per heavy atom. The van der Waals surface area contributed by atoms with Crippen molar-refractivity contribution in [3.05, 3.63) is 34.9 Å². The fourth-order valence-electron chi connectivity index (χ4n) is 22.3. The third-order valence-corrected chi connectivity index (χ3v) is 27.9. The average Bonchev–Trinajstić information content (AvgIpc) is 3.32. The van der Waals surface area contributed by atoms with Gasteiger partial charge in [0.1, 0.15) is 36.6 Å². The van der Waals surface area contributed by atoms with Crippen LogP contribution in [0.1, 0.15) is 176 Å². The number of hydrogen-bond donors (Lipinski definition) is 6. The lowest BCUT2D eigenvalue weighted by molar-refractivity contribution is -0.183. The summed E-state index contributed by atoms with van der Waals surface area (Å²) >= 11 is 0. The molecule has 0 aromatic rings. The molecule has 0 heterocycles. The molecular formula is C63H87O16P. The minimum absolute atomic E-state index is 0.0257. The number of hydrogen-bond acceptors (Lipinski definition) is 16. The molecule has 17 heteroatoms. The Hall–Kier alpha value is -2.89. The Labute approximate surface area is 470 Å². The van der Waals surface area contributed by atoms with Gasteiger partial charge in [-0.05, 0) is 203 Å². The van der Waals surface area contributed by atoms with Gasteiger partial charge in [-0.3, -0.25) is 42.3 Å². The van der Waals surface area contributed by atoms with Crippen molar-refractivity contribution >= 4 is 42.5 Å². The third-order valence-electron chi connectivity index (χ3n) is 26.6. The Morgan fingerprint density at radius 1 is 0.450 bits per heavy atom. The lowest BCUT2D eigenvalue weighted by Gasteiger charge is -2.60. The topological polar surface area (TPSA) is 269 Å². The molecule has 9 saturated carbocycles. The second-order valence-corrected chi connectivity index (χ2v) is 31.1. The quantitative estimate of drug-likeness (QED) is 0.103. The van der Waals surface area contributed by atoms with Crippen LogP contribution >= 0.6 is 7.82 Å². The van der Waals surface area contributed by atoms with Gasteiger partial charge in [-0.1, -0.05) is 58.3 Å². The maximum absolute atomic E-state index is 15.3. The van der Waals surface area contributed by atoms with E-state index in [4.69, 9.17) is 13.6 Å². The Kier molecular flexibility index (Phi) is 13.7. The summed E-state index contributed by atoms with van der Waals surface area (Å²) in [6.07, 6.45) is 11.3. The van der Waals surface area contributed by atoms with E-state index in [9.17, 15) is 59.4 Å². The van der Waals surface area contributed by atoms with Gasteiger partial charge in [0, 0.05) is 35.5 Å². The minimum Gasteiger partial charge on any atom is -0.393 e. The first kappa shape index (κ1) is 57.5. The summed E-state index contributed by atoms with van der Waals surface area (Å²) in [4.78, 5) is 81.9. The second kappa shape index (κ2) is 19.1. The van der Waals surface area contributed by atoms with E-state index in [-0.39, 0.29) is 109 Å². The van der Waals surface area contributed by atoms with Crippen LogP contribution in [0.25, 0.3) is 0 Å². The molecule has 0 amide bonds. The average molecular weight is 1130 g/mol. The van der Waals surface area contributed by atoms with Crippen molar-refractivity contribution in [2.45, 2.75) is 211 Å². The maximum Gasteiger partial charge on any atom is 0.476 e. The summed E-state index contributed by atoms with van der Waals surface area (Å²) in [5.74, 6) is -3.58. The molecule has 9 fully saturated rings. The number of aliphatic hydroxyl groups is 6. The summed E-state index contributed by atoms with van der Waals surface area (Å²) in [5.41, 5.74) is -7.70. The molecule has 440 valence electrons. The number of Topliss-reactive ketones (excluding diaryl/α,β-unsaturated/α-hetero) is 3. The first-order chi connectivity index (χ1) is 37.5. The molecular weight excluding hydrogens is 1040 g/mol. The van der Waals surface area contributed by atoms with Gasteiger partial charge in [0.2, 0.25) is 0 Å². The number of phosphoric ester groups is 1. The standard InChI is InChI=1S/C63H87O16P/c1-55-19-13-37(64)25-34(55)7-10-40-43-16-22-61(73,58(43,4)28-46(67)52(40)55)49(70)31-77-80(76,78-32-50(71)62(74)23-17-44-41-11-8-35-26-38(65)14-20-56(35,2)53(41)47(68)29-59(44,62)5)79-33-51(72)63(75)24-18-45-42-12-9-36-27-39(66)15-21-57(36,3)54(42)48(69)30-60(45,63)6/h25-27,40-48,52-54,67-69,73-75H,7-24,28-33H2,1-6H3/t40-,41-,42-,43+,44+,45+,46+,47+,48+,52-,53-,54-,55+,56+,57+,58+,59+,60+,61+,62+,63+/m1/s1. The van der Waals surface area contributed by atoms with Gasteiger partial charge in [0.15, 0.2) is 34.7 Å². The normalized spacial score (nSPS) is 50.2.